The molecule has 16 heavy (non-hydrogen) atoms. The highest BCUT2D eigenvalue weighted by Gasteiger charge is 2.35. The third-order valence-corrected chi connectivity index (χ3v) is 3.59. The minimum Gasteiger partial charge on any atom is -0.438 e. The molecule has 2 aliphatic heterocycles. The van der Waals surface area contributed by atoms with Crippen LogP contribution in [-0.4, -0.2) is 41.5 Å². The molecule has 5 heteroatoms. The summed E-state index contributed by atoms with van der Waals surface area (Å²) < 4.78 is 5.04. The smallest absolute Gasteiger partial charge is 0.291 e. The van der Waals surface area contributed by atoms with Gasteiger partial charge >= 0.3 is 0 Å². The summed E-state index contributed by atoms with van der Waals surface area (Å²) in [7, 11) is 0. The summed E-state index contributed by atoms with van der Waals surface area (Å²) >= 11 is 0. The van der Waals surface area contributed by atoms with Crippen LogP contribution in [0.5, 0.6) is 0 Å². The van der Waals surface area contributed by atoms with Gasteiger partial charge in [0.15, 0.2) is 6.39 Å². The molecule has 1 aromatic heterocycles. The van der Waals surface area contributed by atoms with E-state index in [1.807, 2.05) is 4.90 Å². The third-order valence-electron chi connectivity index (χ3n) is 3.59. The van der Waals surface area contributed by atoms with Gasteiger partial charge in [-0.15, -0.1) is 0 Å². The predicted molar refractivity (Wildman–Crippen MR) is 56.9 cm³/mol. The van der Waals surface area contributed by atoms with E-state index in [1.54, 1.807) is 0 Å². The van der Waals surface area contributed by atoms with E-state index in [2.05, 4.69) is 10.3 Å². The number of carbonyl (C=O) groups is 1. The molecule has 0 aromatic carbocycles. The Balaban J connectivity index is 1.70. The molecule has 2 aliphatic rings. The lowest BCUT2D eigenvalue weighted by molar-refractivity contribution is 0.0630. The molecular formula is C11H15N3O2. The van der Waals surface area contributed by atoms with Crippen LogP contribution in [0.25, 0.3) is 0 Å². The van der Waals surface area contributed by atoms with Crippen LogP contribution in [0.4, 0.5) is 0 Å². The predicted octanol–water partition coefficient (Wildman–Crippen LogP) is 0.499. The molecule has 2 unspecified atom stereocenters. The number of rotatable bonds is 1. The maximum atomic E-state index is 12.0. The number of fused-ring (bicyclic) bond motifs is 1. The molecule has 2 fully saturated rings. The Hall–Kier alpha value is -1.36. The zero-order valence-corrected chi connectivity index (χ0v) is 9.06. The first-order chi connectivity index (χ1) is 7.84. The second-order valence-electron chi connectivity index (χ2n) is 4.51. The van der Waals surface area contributed by atoms with Crippen LogP contribution in [0.2, 0.25) is 0 Å². The normalized spacial score (nSPS) is 29.1. The zero-order valence-electron chi connectivity index (χ0n) is 9.06. The first kappa shape index (κ1) is 9.84. The molecule has 0 aliphatic carbocycles. The standard InChI is InChI=1S/C11H15N3O2/c15-11(10-5-12-7-16-10)14-4-2-9-8(6-14)1-3-13-9/h5,7-9,13H,1-4,6H2. The summed E-state index contributed by atoms with van der Waals surface area (Å²) in [5.74, 6) is 0.938. The highest BCUT2D eigenvalue weighted by atomic mass is 16.3. The lowest BCUT2D eigenvalue weighted by Gasteiger charge is -2.34. The summed E-state index contributed by atoms with van der Waals surface area (Å²) in [6.45, 7) is 2.74. The summed E-state index contributed by atoms with van der Waals surface area (Å²) in [4.78, 5) is 17.7. The van der Waals surface area contributed by atoms with Crippen molar-refractivity contribution >= 4 is 5.91 Å². The molecule has 1 aromatic rings. The zero-order chi connectivity index (χ0) is 11.0. The topological polar surface area (TPSA) is 58.4 Å². The van der Waals surface area contributed by atoms with Gasteiger partial charge < -0.3 is 14.6 Å². The van der Waals surface area contributed by atoms with E-state index >= 15 is 0 Å². The van der Waals surface area contributed by atoms with E-state index in [9.17, 15) is 4.79 Å². The third kappa shape index (κ3) is 1.61. The number of hydrogen-bond acceptors (Lipinski definition) is 4. The highest BCUT2D eigenvalue weighted by molar-refractivity contribution is 5.91. The summed E-state index contributed by atoms with van der Waals surface area (Å²) in [6, 6.07) is 0.610. The van der Waals surface area contributed by atoms with Gasteiger partial charge in [0.1, 0.15) is 0 Å². The first-order valence-corrected chi connectivity index (χ1v) is 5.76. The van der Waals surface area contributed by atoms with E-state index in [4.69, 9.17) is 4.42 Å². The van der Waals surface area contributed by atoms with Crippen molar-refractivity contribution in [2.75, 3.05) is 19.6 Å². The summed E-state index contributed by atoms with van der Waals surface area (Å²) in [5.41, 5.74) is 0. The largest absolute Gasteiger partial charge is 0.438 e. The Morgan fingerprint density at radius 1 is 1.56 bits per heavy atom. The van der Waals surface area contributed by atoms with Crippen molar-refractivity contribution in [2.45, 2.75) is 18.9 Å². The number of aromatic nitrogens is 1. The van der Waals surface area contributed by atoms with Gasteiger partial charge in [-0.25, -0.2) is 4.98 Å². The molecule has 0 saturated carbocycles. The number of piperidine rings is 1. The molecule has 0 bridgehead atoms. The highest BCUT2D eigenvalue weighted by Crippen LogP contribution is 2.25. The van der Waals surface area contributed by atoms with Gasteiger partial charge in [-0.3, -0.25) is 4.79 Å². The Morgan fingerprint density at radius 2 is 2.50 bits per heavy atom. The molecule has 2 atom stereocenters. The molecule has 3 heterocycles. The number of likely N-dealkylation sites (tertiary alicyclic amines) is 1. The number of hydrogen-bond donors (Lipinski definition) is 1. The van der Waals surface area contributed by atoms with Gasteiger partial charge in [0.25, 0.3) is 5.91 Å². The number of nitrogens with zero attached hydrogens (tertiary/aromatic N) is 2. The number of nitrogens with one attached hydrogen (secondary N) is 1. The molecular weight excluding hydrogens is 206 g/mol. The van der Waals surface area contributed by atoms with Gasteiger partial charge in [-0.2, -0.15) is 0 Å². The van der Waals surface area contributed by atoms with Crippen molar-refractivity contribution in [3.05, 3.63) is 18.4 Å². The van der Waals surface area contributed by atoms with Crippen molar-refractivity contribution in [3.8, 4) is 0 Å². The van der Waals surface area contributed by atoms with Crippen LogP contribution < -0.4 is 5.32 Å². The minimum absolute atomic E-state index is 0.0251. The Labute approximate surface area is 93.8 Å². The van der Waals surface area contributed by atoms with Crippen LogP contribution in [0.1, 0.15) is 23.4 Å². The molecule has 3 rings (SSSR count). The lowest BCUT2D eigenvalue weighted by Crippen LogP contribution is -2.46. The Bertz CT molecular complexity index is 377. The average molecular weight is 221 g/mol. The van der Waals surface area contributed by atoms with Gasteiger partial charge in [0, 0.05) is 19.1 Å². The van der Waals surface area contributed by atoms with Gasteiger partial charge in [-0.1, -0.05) is 0 Å². The second-order valence-corrected chi connectivity index (χ2v) is 4.51. The lowest BCUT2D eigenvalue weighted by atomic mass is 9.93. The van der Waals surface area contributed by atoms with Crippen molar-refractivity contribution in [3.63, 3.8) is 0 Å². The number of oxazole rings is 1. The number of amides is 1. The van der Waals surface area contributed by atoms with Crippen molar-refractivity contribution in [1.29, 1.82) is 0 Å². The monoisotopic (exact) mass is 221 g/mol. The fourth-order valence-electron chi connectivity index (χ4n) is 2.71. The Morgan fingerprint density at radius 3 is 3.31 bits per heavy atom. The quantitative estimate of drug-likeness (QED) is 0.750. The summed E-state index contributed by atoms with van der Waals surface area (Å²) in [6.07, 6.45) is 5.01. The van der Waals surface area contributed by atoms with E-state index in [0.29, 0.717) is 17.7 Å². The van der Waals surface area contributed by atoms with E-state index in [-0.39, 0.29) is 5.91 Å². The number of carbonyl (C=O) groups excluding carboxylic acids is 1. The molecule has 86 valence electrons. The fourth-order valence-corrected chi connectivity index (χ4v) is 2.71. The molecule has 0 spiro atoms. The van der Waals surface area contributed by atoms with Crippen LogP contribution in [0.15, 0.2) is 17.0 Å². The van der Waals surface area contributed by atoms with Crippen molar-refractivity contribution in [1.82, 2.24) is 15.2 Å². The molecule has 5 nitrogen and oxygen atoms in total. The van der Waals surface area contributed by atoms with Crippen molar-refractivity contribution in [2.24, 2.45) is 5.92 Å². The van der Waals surface area contributed by atoms with Gasteiger partial charge in [-0.05, 0) is 25.3 Å². The second kappa shape index (κ2) is 3.90. The van der Waals surface area contributed by atoms with Crippen LogP contribution in [-0.2, 0) is 0 Å². The minimum atomic E-state index is -0.0251. The van der Waals surface area contributed by atoms with E-state index < -0.39 is 0 Å². The van der Waals surface area contributed by atoms with E-state index in [0.717, 1.165) is 26.1 Å². The maximum Gasteiger partial charge on any atom is 0.291 e. The maximum absolute atomic E-state index is 12.0. The van der Waals surface area contributed by atoms with Crippen LogP contribution in [0, 0.1) is 5.92 Å². The molecule has 0 radical (unpaired) electrons. The molecule has 2 saturated heterocycles. The average Bonchev–Trinajstić information content (AvgIpc) is 2.98. The van der Waals surface area contributed by atoms with Gasteiger partial charge in [0.2, 0.25) is 5.76 Å². The van der Waals surface area contributed by atoms with Gasteiger partial charge in [0.05, 0.1) is 6.20 Å². The van der Waals surface area contributed by atoms with Crippen LogP contribution >= 0.6 is 0 Å². The SMILES string of the molecule is O=C(c1cnco1)N1CCC2NCCC2C1. The van der Waals surface area contributed by atoms with E-state index in [1.165, 1.54) is 19.0 Å². The Kier molecular flexibility index (Phi) is 2.40. The molecule has 1 N–H and O–H groups in total. The first-order valence-electron chi connectivity index (χ1n) is 5.76. The summed E-state index contributed by atoms with van der Waals surface area (Å²) in [5, 5.41) is 3.48. The molecule has 1 amide bonds. The fraction of sp³-hybridized carbons (Fsp3) is 0.636. The van der Waals surface area contributed by atoms with Crippen LogP contribution in [0.3, 0.4) is 0 Å². The van der Waals surface area contributed by atoms with Crippen molar-refractivity contribution < 1.29 is 9.21 Å².